The molecule has 3 rings (SSSR count). The Labute approximate surface area is 171 Å². The molecule has 0 unspecified atom stereocenters. The Kier molecular flexibility index (Phi) is 6.75. The number of halogens is 2. The number of nitrogens with two attached hydrogens (primary N) is 2. The molecule has 1 amide bonds. The van der Waals surface area contributed by atoms with Gasteiger partial charge in [-0.15, -0.1) is 0 Å². The number of rotatable bonds is 9. The average molecular weight is 414 g/mol. The number of carbonyl (C=O) groups is 1. The van der Waals surface area contributed by atoms with Gasteiger partial charge in [0.15, 0.2) is 5.82 Å². The van der Waals surface area contributed by atoms with E-state index in [1.165, 1.54) is 6.20 Å². The van der Waals surface area contributed by atoms with Crippen LogP contribution in [0, 0.1) is 0 Å². The largest absolute Gasteiger partial charge is 0.365 e. The van der Waals surface area contributed by atoms with Gasteiger partial charge in [0.2, 0.25) is 12.4 Å². The molecule has 0 aliphatic carbocycles. The number of aromatic nitrogens is 4. The highest BCUT2D eigenvalue weighted by atomic mass is 19.3. The van der Waals surface area contributed by atoms with Crippen molar-refractivity contribution in [3.8, 4) is 11.4 Å². The first kappa shape index (κ1) is 21.0. The Bertz CT molecular complexity index is 1000. The van der Waals surface area contributed by atoms with Gasteiger partial charge in [-0.2, -0.15) is 4.98 Å². The number of carbonyl (C=O) groups excluding carboxylic acids is 1. The molecule has 3 aromatic rings. The topological polar surface area (TPSA) is 145 Å². The first-order valence-electron chi connectivity index (χ1n) is 9.01. The molecule has 156 valence electrons. The van der Waals surface area contributed by atoms with Crippen LogP contribution in [0.25, 0.3) is 11.4 Å². The second kappa shape index (κ2) is 9.65. The molecule has 1 atom stereocenters. The summed E-state index contributed by atoms with van der Waals surface area (Å²) >= 11 is 0. The van der Waals surface area contributed by atoms with Crippen molar-refractivity contribution in [2.45, 2.75) is 18.9 Å². The van der Waals surface area contributed by atoms with Crippen LogP contribution in [-0.4, -0.2) is 44.9 Å². The van der Waals surface area contributed by atoms with Gasteiger partial charge in [-0.1, -0.05) is 12.1 Å². The van der Waals surface area contributed by atoms with E-state index in [0.717, 1.165) is 5.56 Å². The molecular formula is C19H20F2N8O. The summed E-state index contributed by atoms with van der Waals surface area (Å²) in [5, 5.41) is 5.81. The maximum atomic E-state index is 12.4. The summed E-state index contributed by atoms with van der Waals surface area (Å²) in [4.78, 5) is 28.4. The Morgan fingerprint density at radius 2 is 1.90 bits per heavy atom. The summed E-state index contributed by atoms with van der Waals surface area (Å²) in [6, 6.07) is 8.13. The van der Waals surface area contributed by atoms with E-state index in [1.54, 1.807) is 36.7 Å². The minimum absolute atomic E-state index is 0.0422. The quantitative estimate of drug-likeness (QED) is 0.417. The zero-order valence-electron chi connectivity index (χ0n) is 15.8. The van der Waals surface area contributed by atoms with Crippen LogP contribution in [0.3, 0.4) is 0 Å². The van der Waals surface area contributed by atoms with Crippen molar-refractivity contribution in [1.82, 2.24) is 19.9 Å². The Balaban J connectivity index is 1.81. The first-order chi connectivity index (χ1) is 14.4. The maximum absolute atomic E-state index is 12.4. The van der Waals surface area contributed by atoms with Gasteiger partial charge in [0.25, 0.3) is 5.91 Å². The normalized spacial score (nSPS) is 11.9. The lowest BCUT2D eigenvalue weighted by atomic mass is 10.2. The van der Waals surface area contributed by atoms with Crippen LogP contribution in [0.2, 0.25) is 0 Å². The number of benzene rings is 1. The molecule has 1 aromatic carbocycles. The predicted molar refractivity (Wildman–Crippen MR) is 108 cm³/mol. The van der Waals surface area contributed by atoms with Gasteiger partial charge in [0, 0.05) is 48.8 Å². The number of nitrogens with zero attached hydrogens (tertiary/aromatic N) is 4. The Morgan fingerprint density at radius 3 is 2.60 bits per heavy atom. The Morgan fingerprint density at radius 1 is 1.13 bits per heavy atom. The molecule has 0 bridgehead atoms. The van der Waals surface area contributed by atoms with E-state index in [4.69, 9.17) is 11.5 Å². The molecule has 0 fully saturated rings. The zero-order valence-corrected chi connectivity index (χ0v) is 15.8. The number of alkyl halides is 2. The summed E-state index contributed by atoms with van der Waals surface area (Å²) in [6.45, 7) is 0.0422. The summed E-state index contributed by atoms with van der Waals surface area (Å²) in [5.74, 6) is 0.0960. The molecule has 6 N–H and O–H groups in total. The predicted octanol–water partition coefficient (Wildman–Crippen LogP) is 2.17. The summed E-state index contributed by atoms with van der Waals surface area (Å²) in [5.41, 5.74) is 12.5. The van der Waals surface area contributed by atoms with Crippen LogP contribution in [0.5, 0.6) is 0 Å². The SMILES string of the molecule is NC(=O)c1cnc(NC[C@@H](N)CC(F)F)nc1Nc1cccc(-c2ncccn2)c1. The molecule has 0 aliphatic rings. The molecule has 0 saturated carbocycles. The monoisotopic (exact) mass is 414 g/mol. The number of primary amides is 1. The zero-order chi connectivity index (χ0) is 21.5. The van der Waals surface area contributed by atoms with E-state index >= 15 is 0 Å². The Hall–Kier alpha value is -3.73. The van der Waals surface area contributed by atoms with Gasteiger partial charge in [0.1, 0.15) is 11.4 Å². The van der Waals surface area contributed by atoms with E-state index < -0.39 is 24.8 Å². The second-order valence-electron chi connectivity index (χ2n) is 6.37. The van der Waals surface area contributed by atoms with Crippen LogP contribution in [0.4, 0.5) is 26.2 Å². The number of hydrogen-bond acceptors (Lipinski definition) is 8. The van der Waals surface area contributed by atoms with E-state index in [1.807, 2.05) is 6.07 Å². The highest BCUT2D eigenvalue weighted by Crippen LogP contribution is 2.23. The second-order valence-corrected chi connectivity index (χ2v) is 6.37. The van der Waals surface area contributed by atoms with Crippen LogP contribution >= 0.6 is 0 Å². The molecule has 9 nitrogen and oxygen atoms in total. The van der Waals surface area contributed by atoms with Gasteiger partial charge in [-0.3, -0.25) is 4.79 Å². The fourth-order valence-electron chi connectivity index (χ4n) is 2.60. The van der Waals surface area contributed by atoms with Crippen LogP contribution < -0.4 is 22.1 Å². The lowest BCUT2D eigenvalue weighted by Crippen LogP contribution is -2.31. The standard InChI is InChI=1S/C19H20F2N8O/c20-15(21)8-12(22)9-26-19-27-10-14(16(23)30)18(29-19)28-13-4-1-3-11(7-13)17-24-5-2-6-25-17/h1-7,10,12,15H,8-9,22H2,(H2,23,30)(H2,26,27,28,29)/t12-/m0/s1. The molecule has 11 heteroatoms. The van der Waals surface area contributed by atoms with Gasteiger partial charge in [-0.25, -0.2) is 23.7 Å². The highest BCUT2D eigenvalue weighted by molar-refractivity contribution is 5.98. The van der Waals surface area contributed by atoms with Crippen molar-refractivity contribution in [3.63, 3.8) is 0 Å². The molecule has 2 aromatic heterocycles. The number of hydrogen-bond donors (Lipinski definition) is 4. The summed E-state index contributed by atoms with van der Waals surface area (Å²) in [7, 11) is 0. The molecule has 30 heavy (non-hydrogen) atoms. The van der Waals surface area contributed by atoms with Crippen LogP contribution in [0.15, 0.2) is 48.9 Å². The van der Waals surface area contributed by atoms with Gasteiger partial charge in [0.05, 0.1) is 0 Å². The van der Waals surface area contributed by atoms with Gasteiger partial charge in [-0.05, 0) is 18.2 Å². The summed E-state index contributed by atoms with van der Waals surface area (Å²) < 4.78 is 24.8. The van der Waals surface area contributed by atoms with E-state index in [9.17, 15) is 13.6 Å². The lowest BCUT2D eigenvalue weighted by Gasteiger charge is -2.14. The summed E-state index contributed by atoms with van der Waals surface area (Å²) in [6.07, 6.45) is 1.57. The maximum Gasteiger partial charge on any atom is 0.254 e. The van der Waals surface area contributed by atoms with E-state index in [0.29, 0.717) is 11.5 Å². The van der Waals surface area contributed by atoms with Crippen molar-refractivity contribution < 1.29 is 13.6 Å². The fraction of sp³-hybridized carbons (Fsp3) is 0.211. The third-order valence-corrected chi connectivity index (χ3v) is 4.01. The fourth-order valence-corrected chi connectivity index (χ4v) is 2.60. The van der Waals surface area contributed by atoms with Crippen LogP contribution in [0.1, 0.15) is 16.8 Å². The van der Waals surface area contributed by atoms with Crippen molar-refractivity contribution in [2.24, 2.45) is 11.5 Å². The smallest absolute Gasteiger partial charge is 0.254 e. The average Bonchev–Trinajstić information content (AvgIpc) is 2.72. The van der Waals surface area contributed by atoms with Crippen LogP contribution in [-0.2, 0) is 0 Å². The first-order valence-corrected chi connectivity index (χ1v) is 9.01. The molecule has 0 spiro atoms. The molecule has 0 aliphatic heterocycles. The van der Waals surface area contributed by atoms with Crippen molar-refractivity contribution >= 4 is 23.4 Å². The molecule has 0 radical (unpaired) electrons. The molecule has 2 heterocycles. The third-order valence-electron chi connectivity index (χ3n) is 4.01. The van der Waals surface area contributed by atoms with E-state index in [2.05, 4.69) is 30.6 Å². The minimum Gasteiger partial charge on any atom is -0.365 e. The number of anilines is 3. The van der Waals surface area contributed by atoms with Crippen molar-refractivity contribution in [3.05, 3.63) is 54.5 Å². The van der Waals surface area contributed by atoms with Crippen molar-refractivity contribution in [2.75, 3.05) is 17.2 Å². The van der Waals surface area contributed by atoms with Gasteiger partial charge >= 0.3 is 0 Å². The molecule has 0 saturated heterocycles. The van der Waals surface area contributed by atoms with E-state index in [-0.39, 0.29) is 23.9 Å². The number of nitrogens with one attached hydrogen (secondary N) is 2. The molecular weight excluding hydrogens is 394 g/mol. The minimum atomic E-state index is -2.50. The van der Waals surface area contributed by atoms with Crippen molar-refractivity contribution in [1.29, 1.82) is 0 Å². The third kappa shape index (κ3) is 5.64. The highest BCUT2D eigenvalue weighted by Gasteiger charge is 2.15. The number of amides is 1. The van der Waals surface area contributed by atoms with Gasteiger partial charge < -0.3 is 22.1 Å². The lowest BCUT2D eigenvalue weighted by molar-refractivity contribution is 0.100.